The highest BCUT2D eigenvalue weighted by Gasteiger charge is 2.27. The van der Waals surface area contributed by atoms with Gasteiger partial charge in [-0.05, 0) is 43.4 Å². The highest BCUT2D eigenvalue weighted by Crippen LogP contribution is 2.23. The summed E-state index contributed by atoms with van der Waals surface area (Å²) >= 11 is 0. The van der Waals surface area contributed by atoms with Gasteiger partial charge in [0.15, 0.2) is 0 Å². The Labute approximate surface area is 167 Å². The Morgan fingerprint density at radius 1 is 1.00 bits per heavy atom. The number of carbonyl (C=O) groups excluding carboxylic acids is 1. The summed E-state index contributed by atoms with van der Waals surface area (Å²) in [5.41, 5.74) is 2.95. The number of hydrogen-bond acceptors (Lipinski definition) is 3. The quantitative estimate of drug-likeness (QED) is 0.774. The molecule has 0 aliphatic carbocycles. The van der Waals surface area contributed by atoms with Crippen LogP contribution in [0.4, 0.5) is 0 Å². The van der Waals surface area contributed by atoms with Crippen molar-refractivity contribution in [3.05, 3.63) is 65.2 Å². The molecule has 1 N–H and O–H groups in total. The second-order valence-corrected chi connectivity index (χ2v) is 9.24. The summed E-state index contributed by atoms with van der Waals surface area (Å²) in [7, 11) is -3.52. The van der Waals surface area contributed by atoms with Crippen molar-refractivity contribution in [2.24, 2.45) is 0 Å². The molecule has 3 rings (SSSR count). The van der Waals surface area contributed by atoms with Crippen molar-refractivity contribution < 1.29 is 13.2 Å². The van der Waals surface area contributed by atoms with E-state index in [0.717, 1.165) is 24.8 Å². The molecule has 1 amide bonds. The molecule has 0 radical (unpaired) electrons. The minimum absolute atomic E-state index is 0.0780. The molecule has 2 aromatic carbocycles. The van der Waals surface area contributed by atoms with Gasteiger partial charge < -0.3 is 5.32 Å². The lowest BCUT2D eigenvalue weighted by molar-refractivity contribution is -0.121. The van der Waals surface area contributed by atoms with Crippen LogP contribution in [0.1, 0.15) is 42.4 Å². The van der Waals surface area contributed by atoms with Gasteiger partial charge in [-0.15, -0.1) is 0 Å². The Hall–Kier alpha value is -2.18. The second kappa shape index (κ2) is 9.34. The van der Waals surface area contributed by atoms with E-state index in [4.69, 9.17) is 0 Å². The average Bonchev–Trinajstić information content (AvgIpc) is 2.72. The largest absolute Gasteiger partial charge is 0.352 e. The van der Waals surface area contributed by atoms with E-state index >= 15 is 0 Å². The summed E-state index contributed by atoms with van der Waals surface area (Å²) in [6.45, 7) is 3.39. The van der Waals surface area contributed by atoms with Crippen LogP contribution < -0.4 is 5.32 Å². The molecular weight excluding hydrogens is 372 g/mol. The van der Waals surface area contributed by atoms with Gasteiger partial charge in [0.25, 0.3) is 0 Å². The highest BCUT2D eigenvalue weighted by molar-refractivity contribution is 7.89. The van der Waals surface area contributed by atoms with Gasteiger partial charge in [-0.1, -0.05) is 54.4 Å². The van der Waals surface area contributed by atoms with Gasteiger partial charge in [0.1, 0.15) is 0 Å². The van der Waals surface area contributed by atoms with Crippen LogP contribution in [0.2, 0.25) is 0 Å². The predicted octanol–water partition coefficient (Wildman–Crippen LogP) is 3.42. The van der Waals surface area contributed by atoms with Crippen molar-refractivity contribution in [3.8, 4) is 0 Å². The van der Waals surface area contributed by atoms with E-state index < -0.39 is 10.0 Å². The summed E-state index contributed by atoms with van der Waals surface area (Å²) in [6.07, 6.45) is 3.92. The van der Waals surface area contributed by atoms with Crippen LogP contribution in [0.15, 0.2) is 53.4 Å². The zero-order chi connectivity index (χ0) is 20.0. The summed E-state index contributed by atoms with van der Waals surface area (Å²) in [5, 5.41) is 2.87. The van der Waals surface area contributed by atoms with Crippen LogP contribution in [-0.4, -0.2) is 31.7 Å². The molecule has 1 saturated heterocycles. The van der Waals surface area contributed by atoms with Gasteiger partial charge in [-0.25, -0.2) is 8.42 Å². The molecule has 0 spiro atoms. The number of piperidine rings is 1. The third-order valence-corrected chi connectivity index (χ3v) is 7.14. The SMILES string of the molecule is Cc1ccc(CCC(=O)NCc2ccccc2S(=O)(=O)N2CCCCC2)cc1. The van der Waals surface area contributed by atoms with E-state index in [-0.39, 0.29) is 12.5 Å². The molecule has 1 heterocycles. The molecule has 1 aliphatic heterocycles. The second-order valence-electron chi connectivity index (χ2n) is 7.33. The Kier molecular flexibility index (Phi) is 6.86. The number of amides is 1. The van der Waals surface area contributed by atoms with Crippen LogP contribution in [-0.2, 0) is 27.8 Å². The van der Waals surface area contributed by atoms with Gasteiger partial charge in [-0.3, -0.25) is 4.79 Å². The van der Waals surface area contributed by atoms with Crippen LogP contribution in [0.3, 0.4) is 0 Å². The molecule has 6 heteroatoms. The highest BCUT2D eigenvalue weighted by atomic mass is 32.2. The maximum Gasteiger partial charge on any atom is 0.243 e. The molecular formula is C22H28N2O3S. The Morgan fingerprint density at radius 2 is 1.68 bits per heavy atom. The zero-order valence-electron chi connectivity index (χ0n) is 16.4. The molecule has 0 saturated carbocycles. The monoisotopic (exact) mass is 400 g/mol. The lowest BCUT2D eigenvalue weighted by atomic mass is 10.1. The van der Waals surface area contributed by atoms with Crippen molar-refractivity contribution >= 4 is 15.9 Å². The van der Waals surface area contributed by atoms with E-state index in [1.807, 2.05) is 37.3 Å². The van der Waals surface area contributed by atoms with Crippen molar-refractivity contribution in [3.63, 3.8) is 0 Å². The van der Waals surface area contributed by atoms with E-state index in [1.165, 1.54) is 5.56 Å². The zero-order valence-corrected chi connectivity index (χ0v) is 17.2. The van der Waals surface area contributed by atoms with Crippen molar-refractivity contribution in [1.82, 2.24) is 9.62 Å². The number of rotatable bonds is 7. The predicted molar refractivity (Wildman–Crippen MR) is 110 cm³/mol. The first kappa shape index (κ1) is 20.6. The molecule has 1 aliphatic rings. The molecule has 1 fully saturated rings. The third kappa shape index (κ3) is 5.20. The molecule has 0 bridgehead atoms. The normalized spacial score (nSPS) is 15.3. The van der Waals surface area contributed by atoms with Crippen LogP contribution in [0.25, 0.3) is 0 Å². The van der Waals surface area contributed by atoms with Crippen molar-refractivity contribution in [2.75, 3.05) is 13.1 Å². The molecule has 0 atom stereocenters. The first-order valence-electron chi connectivity index (χ1n) is 9.87. The fraction of sp³-hybridized carbons (Fsp3) is 0.409. The number of hydrogen-bond donors (Lipinski definition) is 1. The van der Waals surface area contributed by atoms with Crippen LogP contribution in [0, 0.1) is 6.92 Å². The summed E-state index contributed by atoms with van der Waals surface area (Å²) in [6, 6.07) is 15.1. The number of sulfonamides is 1. The molecule has 28 heavy (non-hydrogen) atoms. The van der Waals surface area contributed by atoms with Crippen LogP contribution in [0.5, 0.6) is 0 Å². The van der Waals surface area contributed by atoms with Gasteiger partial charge in [0.2, 0.25) is 15.9 Å². The fourth-order valence-electron chi connectivity index (χ4n) is 3.44. The van der Waals surface area contributed by atoms with Gasteiger partial charge in [-0.2, -0.15) is 4.31 Å². The molecule has 0 aromatic heterocycles. The smallest absolute Gasteiger partial charge is 0.243 e. The summed E-state index contributed by atoms with van der Waals surface area (Å²) in [4.78, 5) is 12.5. The van der Waals surface area contributed by atoms with Crippen LogP contribution >= 0.6 is 0 Å². The minimum atomic E-state index is -3.52. The number of aryl methyl sites for hydroxylation is 2. The Balaban J connectivity index is 1.61. The molecule has 0 unspecified atom stereocenters. The average molecular weight is 401 g/mol. The number of nitrogens with one attached hydrogen (secondary N) is 1. The Bertz CT molecular complexity index is 902. The van der Waals surface area contributed by atoms with E-state index in [0.29, 0.717) is 36.4 Å². The van der Waals surface area contributed by atoms with Crippen molar-refractivity contribution in [2.45, 2.75) is 50.5 Å². The standard InChI is InChI=1S/C22H28N2O3S/c1-18-9-11-19(12-10-18)13-14-22(25)23-17-20-7-3-4-8-21(20)28(26,27)24-15-5-2-6-16-24/h3-4,7-12H,2,5-6,13-17H2,1H3,(H,23,25). The summed E-state index contributed by atoms with van der Waals surface area (Å²) in [5.74, 6) is -0.0780. The van der Waals surface area contributed by atoms with Crippen molar-refractivity contribution in [1.29, 1.82) is 0 Å². The first-order chi connectivity index (χ1) is 13.5. The molecule has 150 valence electrons. The van der Waals surface area contributed by atoms with E-state index in [2.05, 4.69) is 5.32 Å². The van der Waals surface area contributed by atoms with E-state index in [9.17, 15) is 13.2 Å². The van der Waals surface area contributed by atoms with Gasteiger partial charge in [0, 0.05) is 26.1 Å². The number of benzene rings is 2. The topological polar surface area (TPSA) is 66.5 Å². The molecule has 2 aromatic rings. The first-order valence-corrected chi connectivity index (χ1v) is 11.3. The van der Waals surface area contributed by atoms with E-state index in [1.54, 1.807) is 22.5 Å². The maximum atomic E-state index is 13.0. The number of nitrogens with zero attached hydrogens (tertiary/aromatic N) is 1. The fourth-order valence-corrected chi connectivity index (χ4v) is 5.18. The lowest BCUT2D eigenvalue weighted by Crippen LogP contribution is -2.36. The number of carbonyl (C=O) groups is 1. The maximum absolute atomic E-state index is 13.0. The molecule has 5 nitrogen and oxygen atoms in total. The summed E-state index contributed by atoms with van der Waals surface area (Å²) < 4.78 is 27.6. The third-order valence-electron chi connectivity index (χ3n) is 5.14. The minimum Gasteiger partial charge on any atom is -0.352 e. The Morgan fingerprint density at radius 3 is 2.39 bits per heavy atom. The lowest BCUT2D eigenvalue weighted by Gasteiger charge is -2.26. The van der Waals surface area contributed by atoms with Gasteiger partial charge in [0.05, 0.1) is 4.90 Å². The van der Waals surface area contributed by atoms with Gasteiger partial charge >= 0.3 is 0 Å².